The van der Waals surface area contributed by atoms with Gasteiger partial charge in [-0.05, 0) is 58.8 Å². The lowest BCUT2D eigenvalue weighted by Crippen LogP contribution is -2.70. The zero-order chi connectivity index (χ0) is 19.4. The van der Waals surface area contributed by atoms with E-state index in [0.717, 1.165) is 25.8 Å². The van der Waals surface area contributed by atoms with E-state index in [2.05, 4.69) is 39.9 Å². The van der Waals surface area contributed by atoms with Crippen molar-refractivity contribution in [2.75, 3.05) is 13.2 Å². The molecule has 27 heavy (non-hydrogen) atoms. The molecule has 1 spiro atoms. The van der Waals surface area contributed by atoms with E-state index in [1.807, 2.05) is 6.92 Å². The highest BCUT2D eigenvalue weighted by Crippen LogP contribution is 2.60. The topological polar surface area (TPSA) is 58.2 Å². The SMILES string of the molecule is C[C@H]1C(OCCNC(C)(C)C)O[C@@H]2OC3(C)CCC4[C@H](C)CCC1[C@]42OO3. The molecule has 156 valence electrons. The molecule has 4 heterocycles. The Morgan fingerprint density at radius 3 is 2.59 bits per heavy atom. The molecule has 5 rings (SSSR count). The highest BCUT2D eigenvalue weighted by molar-refractivity contribution is 5.09. The van der Waals surface area contributed by atoms with Gasteiger partial charge < -0.3 is 19.5 Å². The molecule has 2 bridgehead atoms. The largest absolute Gasteiger partial charge is 0.351 e. The maximum atomic E-state index is 6.41. The third-order valence-corrected chi connectivity index (χ3v) is 7.14. The summed E-state index contributed by atoms with van der Waals surface area (Å²) in [7, 11) is 0. The number of hydrogen-bond acceptors (Lipinski definition) is 6. The van der Waals surface area contributed by atoms with Crippen LogP contribution in [0.4, 0.5) is 0 Å². The van der Waals surface area contributed by atoms with E-state index in [0.29, 0.717) is 24.4 Å². The van der Waals surface area contributed by atoms with Gasteiger partial charge in [0.15, 0.2) is 18.2 Å². The molecule has 4 saturated heterocycles. The number of fused-ring (bicyclic) bond motifs is 2. The quantitative estimate of drug-likeness (QED) is 0.591. The maximum Gasteiger partial charge on any atom is 0.201 e. The average Bonchev–Trinajstić information content (AvgIpc) is 2.81. The van der Waals surface area contributed by atoms with Crippen molar-refractivity contribution >= 4 is 0 Å². The second-order valence-electron chi connectivity index (χ2n) is 10.3. The molecule has 6 heteroatoms. The standard InChI is InChI=1S/C21H37NO5/c1-13-7-8-16-14(2)17(23-12-11-22-19(3,4)5)24-18-21(16)15(13)9-10-20(6,25-18)26-27-21/h13-18,22H,7-12H2,1-6H3/t13-,14-,15?,16?,17?,18-,20?,21-/m1/s1. The van der Waals surface area contributed by atoms with Crippen LogP contribution in [-0.4, -0.2) is 42.7 Å². The maximum absolute atomic E-state index is 6.41. The van der Waals surface area contributed by atoms with E-state index >= 15 is 0 Å². The van der Waals surface area contributed by atoms with E-state index in [4.69, 9.17) is 24.0 Å². The van der Waals surface area contributed by atoms with Gasteiger partial charge in [0.05, 0.1) is 6.61 Å². The monoisotopic (exact) mass is 383 g/mol. The van der Waals surface area contributed by atoms with Crippen LogP contribution in [0.15, 0.2) is 0 Å². The summed E-state index contributed by atoms with van der Waals surface area (Å²) in [5.74, 6) is 0.814. The van der Waals surface area contributed by atoms with Crippen LogP contribution in [0.25, 0.3) is 0 Å². The molecule has 4 unspecified atom stereocenters. The van der Waals surface area contributed by atoms with E-state index in [1.165, 1.54) is 6.42 Å². The van der Waals surface area contributed by atoms with Crippen molar-refractivity contribution in [3.8, 4) is 0 Å². The van der Waals surface area contributed by atoms with Crippen molar-refractivity contribution in [1.29, 1.82) is 0 Å². The molecule has 0 aromatic rings. The summed E-state index contributed by atoms with van der Waals surface area (Å²) < 4.78 is 18.9. The van der Waals surface area contributed by atoms with Crippen molar-refractivity contribution in [3.05, 3.63) is 0 Å². The van der Waals surface area contributed by atoms with Gasteiger partial charge in [0.25, 0.3) is 0 Å². The fourth-order valence-electron chi connectivity index (χ4n) is 5.66. The minimum Gasteiger partial charge on any atom is -0.351 e. The Balaban J connectivity index is 1.52. The molecular formula is C21H37NO5. The zero-order valence-corrected chi connectivity index (χ0v) is 17.7. The van der Waals surface area contributed by atoms with E-state index in [-0.39, 0.29) is 17.7 Å². The van der Waals surface area contributed by atoms with Crippen LogP contribution in [0.1, 0.15) is 67.2 Å². The second kappa shape index (κ2) is 6.92. The molecule has 6 nitrogen and oxygen atoms in total. The first-order chi connectivity index (χ1) is 12.6. The Labute approximate surface area is 163 Å². The molecule has 0 aromatic carbocycles. The number of nitrogens with one attached hydrogen (secondary N) is 1. The molecule has 1 aliphatic carbocycles. The Morgan fingerprint density at radius 2 is 1.85 bits per heavy atom. The molecule has 5 aliphatic rings. The predicted molar refractivity (Wildman–Crippen MR) is 101 cm³/mol. The minimum atomic E-state index is -0.726. The highest BCUT2D eigenvalue weighted by atomic mass is 17.3. The lowest BCUT2D eigenvalue weighted by Gasteiger charge is -2.60. The van der Waals surface area contributed by atoms with Crippen LogP contribution in [0.5, 0.6) is 0 Å². The second-order valence-corrected chi connectivity index (χ2v) is 10.3. The van der Waals surface area contributed by atoms with Crippen LogP contribution in [0, 0.1) is 23.7 Å². The molecule has 0 radical (unpaired) electrons. The molecule has 0 amide bonds. The van der Waals surface area contributed by atoms with Crippen molar-refractivity contribution in [2.24, 2.45) is 23.7 Å². The normalized spacial score (nSPS) is 49.6. The van der Waals surface area contributed by atoms with Crippen molar-refractivity contribution in [2.45, 2.75) is 96.7 Å². The summed E-state index contributed by atoms with van der Waals surface area (Å²) in [6, 6.07) is 0. The minimum absolute atomic E-state index is 0.0858. The van der Waals surface area contributed by atoms with Gasteiger partial charge >= 0.3 is 0 Å². The summed E-state index contributed by atoms with van der Waals surface area (Å²) in [6.45, 7) is 14.4. The van der Waals surface area contributed by atoms with Gasteiger partial charge in [-0.3, -0.25) is 0 Å². The molecule has 1 saturated carbocycles. The third kappa shape index (κ3) is 3.47. The first-order valence-corrected chi connectivity index (χ1v) is 10.7. The lowest BCUT2D eigenvalue weighted by molar-refractivity contribution is -0.577. The lowest BCUT2D eigenvalue weighted by atomic mass is 9.58. The van der Waals surface area contributed by atoms with Crippen molar-refractivity contribution < 1.29 is 24.0 Å². The predicted octanol–water partition coefficient (Wildman–Crippen LogP) is 3.60. The number of rotatable bonds is 4. The first kappa shape index (κ1) is 20.0. The smallest absolute Gasteiger partial charge is 0.201 e. The number of ether oxygens (including phenoxy) is 3. The summed E-state index contributed by atoms with van der Waals surface area (Å²) in [5.41, 5.74) is -0.418. The molecule has 0 aromatic heterocycles. The van der Waals surface area contributed by atoms with Gasteiger partial charge in [-0.2, -0.15) is 0 Å². The summed E-state index contributed by atoms with van der Waals surface area (Å²) >= 11 is 0. The Hall–Kier alpha value is -0.240. The Kier molecular flexibility index (Phi) is 5.14. The van der Waals surface area contributed by atoms with Gasteiger partial charge in [-0.15, -0.1) is 0 Å². The van der Waals surface area contributed by atoms with E-state index in [9.17, 15) is 0 Å². The van der Waals surface area contributed by atoms with Gasteiger partial charge in [0.2, 0.25) is 5.79 Å². The van der Waals surface area contributed by atoms with Gasteiger partial charge in [-0.25, -0.2) is 9.78 Å². The first-order valence-electron chi connectivity index (χ1n) is 10.7. The van der Waals surface area contributed by atoms with Gasteiger partial charge in [-0.1, -0.05) is 13.8 Å². The molecule has 4 aliphatic heterocycles. The molecule has 1 N–H and O–H groups in total. The zero-order valence-electron chi connectivity index (χ0n) is 17.7. The van der Waals surface area contributed by atoms with E-state index < -0.39 is 17.7 Å². The van der Waals surface area contributed by atoms with Crippen molar-refractivity contribution in [3.63, 3.8) is 0 Å². The Morgan fingerprint density at radius 1 is 1.07 bits per heavy atom. The highest BCUT2D eigenvalue weighted by Gasteiger charge is 2.69. The Bertz CT molecular complexity index is 551. The number of hydrogen-bond donors (Lipinski definition) is 1. The van der Waals surface area contributed by atoms with Crippen LogP contribution in [0.3, 0.4) is 0 Å². The van der Waals surface area contributed by atoms with Crippen molar-refractivity contribution in [1.82, 2.24) is 5.32 Å². The summed E-state index contributed by atoms with van der Waals surface area (Å²) in [5, 5.41) is 3.47. The molecular weight excluding hydrogens is 346 g/mol. The van der Waals surface area contributed by atoms with Crippen LogP contribution < -0.4 is 5.32 Å². The van der Waals surface area contributed by atoms with Gasteiger partial charge in [0.1, 0.15) is 0 Å². The fourth-order valence-corrected chi connectivity index (χ4v) is 5.66. The average molecular weight is 384 g/mol. The van der Waals surface area contributed by atoms with E-state index in [1.54, 1.807) is 0 Å². The fraction of sp³-hybridized carbons (Fsp3) is 1.00. The molecule has 8 atom stereocenters. The van der Waals surface area contributed by atoms with Crippen LogP contribution in [-0.2, 0) is 24.0 Å². The summed E-state index contributed by atoms with van der Waals surface area (Å²) in [4.78, 5) is 12.0. The summed E-state index contributed by atoms with van der Waals surface area (Å²) in [6.07, 6.45) is 3.52. The molecule has 5 fully saturated rings. The third-order valence-electron chi connectivity index (χ3n) is 7.14. The van der Waals surface area contributed by atoms with Crippen LogP contribution in [0.2, 0.25) is 0 Å². The van der Waals surface area contributed by atoms with Crippen LogP contribution >= 0.6 is 0 Å². The van der Waals surface area contributed by atoms with Gasteiger partial charge in [0, 0.05) is 30.3 Å².